The lowest BCUT2D eigenvalue weighted by molar-refractivity contribution is -0.136. The molecule has 0 aromatic heterocycles. The van der Waals surface area contributed by atoms with Gasteiger partial charge in [0.2, 0.25) is 11.8 Å². The van der Waals surface area contributed by atoms with E-state index in [2.05, 4.69) is 6.92 Å². The molecule has 22 heavy (non-hydrogen) atoms. The zero-order valence-electron chi connectivity index (χ0n) is 13.7. The van der Waals surface area contributed by atoms with Gasteiger partial charge in [0.1, 0.15) is 0 Å². The molecule has 0 radical (unpaired) electrons. The van der Waals surface area contributed by atoms with Crippen molar-refractivity contribution in [2.24, 2.45) is 17.6 Å². The summed E-state index contributed by atoms with van der Waals surface area (Å²) in [4.78, 5) is 28.9. The number of hydrogen-bond acceptors (Lipinski definition) is 3. The molecule has 3 fully saturated rings. The van der Waals surface area contributed by atoms with Gasteiger partial charge < -0.3 is 15.5 Å². The molecular formula is C17H29N3O2. The Morgan fingerprint density at radius 2 is 1.73 bits per heavy atom. The second-order valence-electron chi connectivity index (χ2n) is 7.52. The summed E-state index contributed by atoms with van der Waals surface area (Å²) in [6.45, 7) is 4.44. The third-order valence-corrected chi connectivity index (χ3v) is 5.79. The Bertz CT molecular complexity index is 424. The van der Waals surface area contributed by atoms with Gasteiger partial charge in [-0.2, -0.15) is 0 Å². The average Bonchev–Trinajstić information content (AvgIpc) is 2.90. The summed E-state index contributed by atoms with van der Waals surface area (Å²) < 4.78 is 0. The fourth-order valence-electron chi connectivity index (χ4n) is 4.18. The summed E-state index contributed by atoms with van der Waals surface area (Å²) >= 11 is 0. The van der Waals surface area contributed by atoms with Gasteiger partial charge in [-0.1, -0.05) is 6.92 Å². The molecule has 2 amide bonds. The van der Waals surface area contributed by atoms with Crippen LogP contribution in [0.15, 0.2) is 0 Å². The van der Waals surface area contributed by atoms with Crippen molar-refractivity contribution in [2.45, 2.75) is 64.0 Å². The van der Waals surface area contributed by atoms with Crippen molar-refractivity contribution in [3.8, 4) is 0 Å². The molecule has 0 spiro atoms. The van der Waals surface area contributed by atoms with Crippen LogP contribution in [0.3, 0.4) is 0 Å². The molecule has 3 aliphatic rings. The van der Waals surface area contributed by atoms with Gasteiger partial charge in [0.15, 0.2) is 0 Å². The van der Waals surface area contributed by atoms with E-state index in [1.54, 1.807) is 0 Å². The van der Waals surface area contributed by atoms with Crippen LogP contribution in [0.4, 0.5) is 0 Å². The molecule has 5 heteroatoms. The van der Waals surface area contributed by atoms with Crippen LogP contribution in [-0.2, 0) is 9.59 Å². The van der Waals surface area contributed by atoms with Crippen LogP contribution in [-0.4, -0.2) is 53.3 Å². The second kappa shape index (κ2) is 6.57. The van der Waals surface area contributed by atoms with Crippen molar-refractivity contribution in [1.29, 1.82) is 0 Å². The molecule has 0 aromatic rings. The maximum Gasteiger partial charge on any atom is 0.227 e. The normalized spacial score (nSPS) is 34.3. The Labute approximate surface area is 133 Å². The monoisotopic (exact) mass is 307 g/mol. The molecule has 2 N–H and O–H groups in total. The molecule has 124 valence electrons. The first kappa shape index (κ1) is 15.8. The summed E-state index contributed by atoms with van der Waals surface area (Å²) in [7, 11) is 0. The van der Waals surface area contributed by atoms with Gasteiger partial charge in [0.05, 0.1) is 5.92 Å². The molecular weight excluding hydrogens is 278 g/mol. The average molecular weight is 307 g/mol. The van der Waals surface area contributed by atoms with Gasteiger partial charge >= 0.3 is 0 Å². The predicted molar refractivity (Wildman–Crippen MR) is 85.0 cm³/mol. The molecule has 2 heterocycles. The molecule has 1 atom stereocenters. The van der Waals surface area contributed by atoms with Gasteiger partial charge in [0, 0.05) is 38.1 Å². The molecule has 5 nitrogen and oxygen atoms in total. The molecule has 1 unspecified atom stereocenters. The van der Waals surface area contributed by atoms with Crippen molar-refractivity contribution in [3.05, 3.63) is 0 Å². The van der Waals surface area contributed by atoms with E-state index in [1.165, 1.54) is 12.8 Å². The Hall–Kier alpha value is -1.10. The third-order valence-electron chi connectivity index (χ3n) is 5.79. The number of amides is 2. The van der Waals surface area contributed by atoms with E-state index in [0.717, 1.165) is 44.7 Å². The summed E-state index contributed by atoms with van der Waals surface area (Å²) in [5, 5.41) is 0. The Balaban J connectivity index is 1.56. The number of hydrogen-bond donors (Lipinski definition) is 1. The maximum absolute atomic E-state index is 12.6. The Morgan fingerprint density at radius 1 is 1.09 bits per heavy atom. The van der Waals surface area contributed by atoms with E-state index in [4.69, 9.17) is 5.73 Å². The summed E-state index contributed by atoms with van der Waals surface area (Å²) in [6.07, 6.45) is 6.80. The lowest BCUT2D eigenvalue weighted by Crippen LogP contribution is -2.46. The summed E-state index contributed by atoms with van der Waals surface area (Å²) in [5.74, 6) is 1.02. The van der Waals surface area contributed by atoms with Crippen molar-refractivity contribution in [2.75, 3.05) is 19.6 Å². The van der Waals surface area contributed by atoms with Crippen LogP contribution >= 0.6 is 0 Å². The topological polar surface area (TPSA) is 66.6 Å². The zero-order chi connectivity index (χ0) is 15.7. The van der Waals surface area contributed by atoms with E-state index >= 15 is 0 Å². The first-order valence-electron chi connectivity index (χ1n) is 8.88. The first-order chi connectivity index (χ1) is 10.5. The molecule has 0 bridgehead atoms. The van der Waals surface area contributed by atoms with Crippen molar-refractivity contribution >= 4 is 11.8 Å². The van der Waals surface area contributed by atoms with Gasteiger partial charge in [-0.05, 0) is 44.4 Å². The second-order valence-corrected chi connectivity index (χ2v) is 7.52. The quantitative estimate of drug-likeness (QED) is 0.838. The molecule has 1 saturated carbocycles. The van der Waals surface area contributed by atoms with Crippen LogP contribution < -0.4 is 5.73 Å². The number of nitrogens with two attached hydrogens (primary N) is 1. The predicted octanol–water partition coefficient (Wildman–Crippen LogP) is 1.36. The smallest absolute Gasteiger partial charge is 0.227 e. The van der Waals surface area contributed by atoms with E-state index in [-0.39, 0.29) is 23.8 Å². The number of rotatable bonds is 2. The van der Waals surface area contributed by atoms with Gasteiger partial charge in [-0.15, -0.1) is 0 Å². The Kier molecular flexibility index (Phi) is 4.71. The molecule has 3 rings (SSSR count). The summed E-state index contributed by atoms with van der Waals surface area (Å²) in [5.41, 5.74) is 5.90. The highest BCUT2D eigenvalue weighted by atomic mass is 16.2. The molecule has 2 aliphatic heterocycles. The van der Waals surface area contributed by atoms with Gasteiger partial charge in [0.25, 0.3) is 0 Å². The van der Waals surface area contributed by atoms with Gasteiger partial charge in [-0.25, -0.2) is 0 Å². The van der Waals surface area contributed by atoms with E-state index in [0.29, 0.717) is 19.0 Å². The minimum absolute atomic E-state index is 0.124. The number of nitrogens with zero attached hydrogens (tertiary/aromatic N) is 2. The van der Waals surface area contributed by atoms with Crippen LogP contribution in [0.25, 0.3) is 0 Å². The van der Waals surface area contributed by atoms with Crippen LogP contribution in [0.2, 0.25) is 0 Å². The third kappa shape index (κ3) is 3.29. The number of carbonyl (C=O) groups excluding carboxylic acids is 2. The van der Waals surface area contributed by atoms with E-state index < -0.39 is 0 Å². The maximum atomic E-state index is 12.6. The Morgan fingerprint density at radius 3 is 2.36 bits per heavy atom. The standard InChI is InChI=1S/C17H29N3O2/c1-12-2-4-15(5-3-12)20-11-13(10-16(20)21)17(22)19-8-6-14(18)7-9-19/h12-15H,2-11,18H2,1H3. The first-order valence-corrected chi connectivity index (χ1v) is 8.88. The highest BCUT2D eigenvalue weighted by Crippen LogP contribution is 2.32. The van der Waals surface area contributed by atoms with Crippen LogP contribution in [0.1, 0.15) is 51.9 Å². The van der Waals surface area contributed by atoms with E-state index in [1.807, 2.05) is 9.80 Å². The molecule has 1 aliphatic carbocycles. The zero-order valence-corrected chi connectivity index (χ0v) is 13.7. The highest BCUT2D eigenvalue weighted by Gasteiger charge is 2.40. The summed E-state index contributed by atoms with van der Waals surface area (Å²) in [6, 6.07) is 0.603. The van der Waals surface area contributed by atoms with Gasteiger partial charge in [-0.3, -0.25) is 9.59 Å². The van der Waals surface area contributed by atoms with E-state index in [9.17, 15) is 9.59 Å². The number of piperidine rings is 1. The minimum atomic E-state index is -0.124. The fraction of sp³-hybridized carbons (Fsp3) is 0.882. The fourth-order valence-corrected chi connectivity index (χ4v) is 4.18. The highest BCUT2D eigenvalue weighted by molar-refractivity contribution is 5.89. The molecule has 2 saturated heterocycles. The van der Waals surface area contributed by atoms with Crippen LogP contribution in [0.5, 0.6) is 0 Å². The number of carbonyl (C=O) groups is 2. The number of likely N-dealkylation sites (tertiary alicyclic amines) is 2. The molecule has 0 aromatic carbocycles. The van der Waals surface area contributed by atoms with Crippen molar-refractivity contribution < 1.29 is 9.59 Å². The minimum Gasteiger partial charge on any atom is -0.342 e. The SMILES string of the molecule is CC1CCC(N2CC(C(=O)N3CCC(N)CC3)CC2=O)CC1. The van der Waals surface area contributed by atoms with Crippen molar-refractivity contribution in [1.82, 2.24) is 9.80 Å². The van der Waals surface area contributed by atoms with Crippen molar-refractivity contribution in [3.63, 3.8) is 0 Å². The largest absolute Gasteiger partial charge is 0.342 e. The lowest BCUT2D eigenvalue weighted by Gasteiger charge is -2.34. The lowest BCUT2D eigenvalue weighted by atomic mass is 9.86. The van der Waals surface area contributed by atoms with Crippen LogP contribution in [0, 0.1) is 11.8 Å².